The van der Waals surface area contributed by atoms with Gasteiger partial charge in [-0.1, -0.05) is 0 Å². The van der Waals surface area contributed by atoms with Crippen molar-refractivity contribution in [3.8, 4) is 16.9 Å². The lowest BCUT2D eigenvalue weighted by Gasteiger charge is -2.23. The third-order valence-corrected chi connectivity index (χ3v) is 5.38. The van der Waals surface area contributed by atoms with E-state index in [1.807, 2.05) is 18.2 Å². The van der Waals surface area contributed by atoms with Gasteiger partial charge in [0.25, 0.3) is 0 Å². The second kappa shape index (κ2) is 8.31. The number of nitrogens with zero attached hydrogens (tertiary/aromatic N) is 4. The third kappa shape index (κ3) is 4.34. The number of anilines is 2. The van der Waals surface area contributed by atoms with Crippen molar-refractivity contribution in [1.82, 2.24) is 25.1 Å². The van der Waals surface area contributed by atoms with Crippen LogP contribution in [0, 0.1) is 5.82 Å². The van der Waals surface area contributed by atoms with Crippen molar-refractivity contribution < 1.29 is 9.13 Å². The van der Waals surface area contributed by atoms with Crippen molar-refractivity contribution in [1.29, 1.82) is 0 Å². The zero-order valence-electron chi connectivity index (χ0n) is 17.2. The van der Waals surface area contributed by atoms with Crippen molar-refractivity contribution >= 4 is 22.5 Å². The number of hydrogen-bond donors (Lipinski definition) is 2. The first-order valence-corrected chi connectivity index (χ1v) is 10.3. The van der Waals surface area contributed by atoms with E-state index in [-0.39, 0.29) is 11.9 Å². The maximum Gasteiger partial charge on any atom is 0.227 e. The average molecular weight is 418 g/mol. The highest BCUT2D eigenvalue weighted by atomic mass is 19.1. The van der Waals surface area contributed by atoms with Gasteiger partial charge in [0.15, 0.2) is 0 Å². The summed E-state index contributed by atoms with van der Waals surface area (Å²) in [7, 11) is 1.80. The summed E-state index contributed by atoms with van der Waals surface area (Å²) >= 11 is 0. The predicted molar refractivity (Wildman–Crippen MR) is 118 cm³/mol. The normalized spacial score (nSPS) is 14.6. The van der Waals surface area contributed by atoms with Crippen LogP contribution in [0.2, 0.25) is 0 Å². The molecule has 1 aliphatic heterocycles. The molecule has 0 atom stereocenters. The van der Waals surface area contributed by atoms with Crippen molar-refractivity contribution in [2.75, 3.05) is 18.4 Å². The van der Waals surface area contributed by atoms with Crippen LogP contribution in [0.1, 0.15) is 12.8 Å². The SMILES string of the molecule is Cn1cc(-c2ccc(Nc3ncc4ccc(OC5CCNCC5)cc4n3)cc2F)cn1. The summed E-state index contributed by atoms with van der Waals surface area (Å²) in [4.78, 5) is 8.94. The van der Waals surface area contributed by atoms with E-state index < -0.39 is 0 Å². The molecule has 0 aliphatic carbocycles. The van der Waals surface area contributed by atoms with Crippen LogP contribution in [-0.2, 0) is 7.05 Å². The number of aryl methyl sites for hydroxylation is 1. The van der Waals surface area contributed by atoms with Crippen molar-refractivity contribution in [2.24, 2.45) is 7.05 Å². The molecule has 1 fully saturated rings. The molecule has 4 aromatic rings. The highest BCUT2D eigenvalue weighted by Gasteiger charge is 2.15. The minimum absolute atomic E-state index is 0.222. The van der Waals surface area contributed by atoms with E-state index in [1.54, 1.807) is 42.5 Å². The fourth-order valence-electron chi connectivity index (χ4n) is 3.76. The molecule has 2 N–H and O–H groups in total. The van der Waals surface area contributed by atoms with Crippen LogP contribution in [0.5, 0.6) is 5.75 Å². The van der Waals surface area contributed by atoms with E-state index in [0.717, 1.165) is 48.1 Å². The van der Waals surface area contributed by atoms with Gasteiger partial charge in [-0.2, -0.15) is 5.10 Å². The monoisotopic (exact) mass is 418 g/mol. The van der Waals surface area contributed by atoms with Crippen LogP contribution in [0.4, 0.5) is 16.0 Å². The molecule has 1 aliphatic rings. The van der Waals surface area contributed by atoms with E-state index in [4.69, 9.17) is 4.74 Å². The number of halogens is 1. The predicted octanol–water partition coefficient (Wildman–Crippen LogP) is 4.04. The Morgan fingerprint density at radius 3 is 2.77 bits per heavy atom. The molecule has 1 saturated heterocycles. The first-order valence-electron chi connectivity index (χ1n) is 10.3. The Balaban J connectivity index is 1.35. The van der Waals surface area contributed by atoms with Crippen LogP contribution < -0.4 is 15.4 Å². The van der Waals surface area contributed by atoms with E-state index in [1.165, 1.54) is 6.07 Å². The van der Waals surface area contributed by atoms with Gasteiger partial charge in [0.2, 0.25) is 5.95 Å². The molecule has 31 heavy (non-hydrogen) atoms. The molecule has 0 radical (unpaired) electrons. The molecule has 0 spiro atoms. The zero-order valence-corrected chi connectivity index (χ0v) is 17.2. The average Bonchev–Trinajstić information content (AvgIpc) is 3.20. The summed E-state index contributed by atoms with van der Waals surface area (Å²) in [6.07, 6.45) is 7.38. The van der Waals surface area contributed by atoms with Gasteiger partial charge in [0, 0.05) is 47.7 Å². The third-order valence-electron chi connectivity index (χ3n) is 5.38. The van der Waals surface area contributed by atoms with E-state index in [0.29, 0.717) is 17.2 Å². The van der Waals surface area contributed by atoms with E-state index in [2.05, 4.69) is 25.7 Å². The quantitative estimate of drug-likeness (QED) is 0.509. The molecular weight excluding hydrogens is 395 g/mol. The molecule has 8 heteroatoms. The molecule has 7 nitrogen and oxygen atoms in total. The molecule has 158 valence electrons. The Kier molecular flexibility index (Phi) is 5.21. The number of piperidine rings is 1. The largest absolute Gasteiger partial charge is 0.490 e. The Morgan fingerprint density at radius 1 is 1.13 bits per heavy atom. The van der Waals surface area contributed by atoms with Crippen molar-refractivity contribution in [2.45, 2.75) is 18.9 Å². The number of fused-ring (bicyclic) bond motifs is 1. The molecular formula is C23H23FN6O. The summed E-state index contributed by atoms with van der Waals surface area (Å²) in [6, 6.07) is 10.8. The minimum atomic E-state index is -0.337. The van der Waals surface area contributed by atoms with Crippen molar-refractivity contribution in [3.05, 3.63) is 60.8 Å². The molecule has 2 aromatic heterocycles. The Hall–Kier alpha value is -3.52. The Bertz CT molecular complexity index is 1220. The van der Waals surface area contributed by atoms with Gasteiger partial charge in [0.1, 0.15) is 17.7 Å². The van der Waals surface area contributed by atoms with Crippen LogP contribution in [0.25, 0.3) is 22.0 Å². The van der Waals surface area contributed by atoms with Gasteiger partial charge in [-0.15, -0.1) is 0 Å². The van der Waals surface area contributed by atoms with Gasteiger partial charge in [-0.05, 0) is 56.3 Å². The Morgan fingerprint density at radius 2 is 2.00 bits per heavy atom. The van der Waals surface area contributed by atoms with Gasteiger partial charge >= 0.3 is 0 Å². The Labute approximate surface area is 179 Å². The van der Waals surface area contributed by atoms with E-state index >= 15 is 0 Å². The van der Waals surface area contributed by atoms with Crippen LogP contribution in [0.15, 0.2) is 55.0 Å². The van der Waals surface area contributed by atoms with Gasteiger partial charge in [-0.3, -0.25) is 4.68 Å². The molecule has 2 aromatic carbocycles. The number of nitrogens with one attached hydrogen (secondary N) is 2. The highest BCUT2D eigenvalue weighted by molar-refractivity contribution is 5.80. The topological polar surface area (TPSA) is 76.9 Å². The van der Waals surface area contributed by atoms with Gasteiger partial charge in [0.05, 0.1) is 11.7 Å². The number of benzene rings is 2. The summed E-state index contributed by atoms with van der Waals surface area (Å²) in [6.45, 7) is 1.95. The fraction of sp³-hybridized carbons (Fsp3) is 0.261. The fourth-order valence-corrected chi connectivity index (χ4v) is 3.76. The summed E-state index contributed by atoms with van der Waals surface area (Å²) < 4.78 is 22.4. The van der Waals surface area contributed by atoms with Gasteiger partial charge < -0.3 is 15.4 Å². The summed E-state index contributed by atoms with van der Waals surface area (Å²) in [5.41, 5.74) is 2.58. The summed E-state index contributed by atoms with van der Waals surface area (Å²) in [5.74, 6) is 0.868. The van der Waals surface area contributed by atoms with Crippen LogP contribution >= 0.6 is 0 Å². The molecule has 3 heterocycles. The van der Waals surface area contributed by atoms with Crippen LogP contribution in [-0.4, -0.2) is 38.9 Å². The smallest absolute Gasteiger partial charge is 0.227 e. The minimum Gasteiger partial charge on any atom is -0.490 e. The van der Waals surface area contributed by atoms with Crippen LogP contribution in [0.3, 0.4) is 0 Å². The lowest BCUT2D eigenvalue weighted by Crippen LogP contribution is -2.34. The van der Waals surface area contributed by atoms with Crippen molar-refractivity contribution in [3.63, 3.8) is 0 Å². The highest BCUT2D eigenvalue weighted by Crippen LogP contribution is 2.27. The standard InChI is InChI=1S/C23H23FN6O/c1-30-14-16(13-27-30)20-5-3-17(10-21(20)24)28-23-26-12-15-2-4-19(11-22(15)29-23)31-18-6-8-25-9-7-18/h2-5,10-14,18,25H,6-9H2,1H3,(H,26,28,29). The lowest BCUT2D eigenvalue weighted by molar-refractivity contribution is 0.162. The maximum atomic E-state index is 14.6. The zero-order chi connectivity index (χ0) is 21.2. The van der Waals surface area contributed by atoms with Gasteiger partial charge in [-0.25, -0.2) is 14.4 Å². The first kappa shape index (κ1) is 19.4. The summed E-state index contributed by atoms with van der Waals surface area (Å²) in [5, 5.41) is 11.4. The second-order valence-corrected chi connectivity index (χ2v) is 7.70. The molecule has 0 saturated carbocycles. The molecule has 0 unspecified atom stereocenters. The molecule has 5 rings (SSSR count). The first-order chi connectivity index (χ1) is 15.1. The maximum absolute atomic E-state index is 14.6. The van der Waals surface area contributed by atoms with E-state index in [9.17, 15) is 4.39 Å². The number of aromatic nitrogens is 4. The molecule has 0 amide bonds. The number of ether oxygens (including phenoxy) is 1. The lowest BCUT2D eigenvalue weighted by atomic mass is 10.1. The number of hydrogen-bond acceptors (Lipinski definition) is 6. The second-order valence-electron chi connectivity index (χ2n) is 7.70. The molecule has 0 bridgehead atoms. The number of rotatable bonds is 5.